The highest BCUT2D eigenvalue weighted by molar-refractivity contribution is 6.07. The van der Waals surface area contributed by atoms with Crippen molar-refractivity contribution < 1.29 is 14.4 Å². The second kappa shape index (κ2) is 4.48. The van der Waals surface area contributed by atoms with Gasteiger partial charge in [0.15, 0.2) is 0 Å². The molecule has 0 saturated carbocycles. The molecule has 3 saturated heterocycles. The Morgan fingerprint density at radius 3 is 2.84 bits per heavy atom. The van der Waals surface area contributed by atoms with E-state index in [4.69, 9.17) is 0 Å². The molecule has 0 aromatic rings. The number of imide groups is 1. The molecule has 3 heterocycles. The molecule has 3 fully saturated rings. The molecule has 7 nitrogen and oxygen atoms in total. The van der Waals surface area contributed by atoms with Crippen molar-refractivity contribution in [2.45, 2.75) is 24.8 Å². The molecule has 3 aliphatic rings. The number of rotatable bonds is 1. The Labute approximate surface area is 111 Å². The molecule has 0 radical (unpaired) electrons. The predicted molar refractivity (Wildman–Crippen MR) is 66.2 cm³/mol. The number of hydrogen-bond acceptors (Lipinski definition) is 4. The zero-order valence-electron chi connectivity index (χ0n) is 10.7. The molecule has 0 aliphatic carbocycles. The van der Waals surface area contributed by atoms with E-state index in [9.17, 15) is 14.4 Å². The minimum atomic E-state index is -0.894. The molecule has 0 bridgehead atoms. The van der Waals surface area contributed by atoms with Crippen LogP contribution in [0.1, 0.15) is 19.3 Å². The summed E-state index contributed by atoms with van der Waals surface area (Å²) in [6.07, 6.45) is 2.40. The first-order valence-corrected chi connectivity index (χ1v) is 6.74. The summed E-state index contributed by atoms with van der Waals surface area (Å²) in [6.45, 7) is 2.50. The van der Waals surface area contributed by atoms with Crippen molar-refractivity contribution in [1.82, 2.24) is 20.9 Å². The van der Waals surface area contributed by atoms with Gasteiger partial charge >= 0.3 is 6.03 Å². The molecule has 104 valence electrons. The summed E-state index contributed by atoms with van der Waals surface area (Å²) < 4.78 is 0. The third-order valence-electron chi connectivity index (χ3n) is 4.24. The fourth-order valence-corrected chi connectivity index (χ4v) is 3.13. The molecule has 1 spiro atoms. The zero-order chi connectivity index (χ0) is 13.5. The van der Waals surface area contributed by atoms with Crippen LogP contribution >= 0.6 is 0 Å². The Morgan fingerprint density at radius 2 is 2.21 bits per heavy atom. The van der Waals surface area contributed by atoms with E-state index in [1.165, 1.54) is 0 Å². The number of nitrogens with one attached hydrogen (secondary N) is 3. The van der Waals surface area contributed by atoms with Gasteiger partial charge in [0.25, 0.3) is 5.91 Å². The molecule has 0 aromatic carbocycles. The van der Waals surface area contributed by atoms with Crippen LogP contribution in [0.5, 0.6) is 0 Å². The second-order valence-corrected chi connectivity index (χ2v) is 5.54. The highest BCUT2D eigenvalue weighted by atomic mass is 16.2. The van der Waals surface area contributed by atoms with Crippen LogP contribution in [-0.2, 0) is 9.59 Å². The van der Waals surface area contributed by atoms with E-state index in [0.29, 0.717) is 26.1 Å². The first-order chi connectivity index (χ1) is 9.11. The third kappa shape index (κ3) is 2.07. The summed E-state index contributed by atoms with van der Waals surface area (Å²) >= 11 is 0. The van der Waals surface area contributed by atoms with Crippen molar-refractivity contribution in [3.05, 3.63) is 0 Å². The summed E-state index contributed by atoms with van der Waals surface area (Å²) in [5.74, 6) is -0.211. The maximum atomic E-state index is 12.4. The Balaban J connectivity index is 1.67. The Kier molecular flexibility index (Phi) is 2.93. The molecule has 3 rings (SSSR count). The third-order valence-corrected chi connectivity index (χ3v) is 4.24. The Hall–Kier alpha value is -1.63. The maximum Gasteiger partial charge on any atom is 0.322 e. The maximum absolute atomic E-state index is 12.4. The van der Waals surface area contributed by atoms with Gasteiger partial charge in [0.1, 0.15) is 5.54 Å². The first-order valence-electron chi connectivity index (χ1n) is 6.74. The Bertz CT molecular complexity index is 433. The summed E-state index contributed by atoms with van der Waals surface area (Å²) in [6, 6.07) is -0.460. The molecule has 19 heavy (non-hydrogen) atoms. The number of carbonyl (C=O) groups is 3. The highest BCUT2D eigenvalue weighted by Crippen LogP contribution is 2.26. The van der Waals surface area contributed by atoms with Crippen LogP contribution in [0.2, 0.25) is 0 Å². The monoisotopic (exact) mass is 266 g/mol. The van der Waals surface area contributed by atoms with Crippen LogP contribution in [0.25, 0.3) is 0 Å². The number of hydrogen-bond donors (Lipinski definition) is 3. The lowest BCUT2D eigenvalue weighted by atomic mass is 9.97. The van der Waals surface area contributed by atoms with Gasteiger partial charge in [-0.2, -0.15) is 0 Å². The molecular formula is C12H18N4O3. The van der Waals surface area contributed by atoms with Crippen molar-refractivity contribution >= 4 is 17.8 Å². The zero-order valence-corrected chi connectivity index (χ0v) is 10.7. The fraction of sp³-hybridized carbons (Fsp3) is 0.750. The van der Waals surface area contributed by atoms with Gasteiger partial charge in [0.05, 0.1) is 12.5 Å². The van der Waals surface area contributed by atoms with E-state index >= 15 is 0 Å². The molecule has 2 atom stereocenters. The number of piperidine rings is 1. The molecule has 3 N–H and O–H groups in total. The standard InChI is InChI=1S/C12H18N4O3/c17-9(8-2-1-4-13-6-8)16-5-3-12(7-16)10(18)14-11(19)15-12/h8,13H,1-7H2,(H2,14,15,18,19)/t8-,12?/m0/s1. The minimum Gasteiger partial charge on any atom is -0.339 e. The Morgan fingerprint density at radius 1 is 1.37 bits per heavy atom. The van der Waals surface area contributed by atoms with Gasteiger partial charge < -0.3 is 15.5 Å². The smallest absolute Gasteiger partial charge is 0.322 e. The van der Waals surface area contributed by atoms with Gasteiger partial charge in [-0.3, -0.25) is 14.9 Å². The lowest BCUT2D eigenvalue weighted by molar-refractivity contribution is -0.135. The number of likely N-dealkylation sites (tertiary alicyclic amines) is 1. The number of urea groups is 1. The highest BCUT2D eigenvalue weighted by Gasteiger charge is 2.52. The van der Waals surface area contributed by atoms with E-state index in [-0.39, 0.29) is 17.7 Å². The van der Waals surface area contributed by atoms with Gasteiger partial charge in [-0.25, -0.2) is 4.79 Å². The van der Waals surface area contributed by atoms with Crippen molar-refractivity contribution in [2.24, 2.45) is 5.92 Å². The minimum absolute atomic E-state index is 0.00376. The largest absolute Gasteiger partial charge is 0.339 e. The SMILES string of the molecule is O=C1NC(=O)C2(CCN(C(=O)[C@H]3CCCNC3)C2)N1. The average Bonchev–Trinajstić information content (AvgIpc) is 2.95. The molecular weight excluding hydrogens is 248 g/mol. The topological polar surface area (TPSA) is 90.5 Å². The number of amides is 4. The first kappa shape index (κ1) is 12.4. The quantitative estimate of drug-likeness (QED) is 0.520. The predicted octanol–water partition coefficient (Wildman–Crippen LogP) is -1.20. The summed E-state index contributed by atoms with van der Waals surface area (Å²) in [5, 5.41) is 8.13. The van der Waals surface area contributed by atoms with E-state index in [1.54, 1.807) is 4.90 Å². The molecule has 1 unspecified atom stereocenters. The summed E-state index contributed by atoms with van der Waals surface area (Å²) in [5.41, 5.74) is -0.894. The van der Waals surface area contributed by atoms with E-state index in [1.807, 2.05) is 0 Å². The van der Waals surface area contributed by atoms with Crippen LogP contribution in [0, 0.1) is 5.92 Å². The fourth-order valence-electron chi connectivity index (χ4n) is 3.13. The molecule has 7 heteroatoms. The molecule has 0 aromatic heterocycles. The van der Waals surface area contributed by atoms with Gasteiger partial charge in [-0.1, -0.05) is 0 Å². The van der Waals surface area contributed by atoms with Gasteiger partial charge in [0, 0.05) is 13.1 Å². The van der Waals surface area contributed by atoms with Gasteiger partial charge in [-0.15, -0.1) is 0 Å². The van der Waals surface area contributed by atoms with Crippen LogP contribution in [0.3, 0.4) is 0 Å². The van der Waals surface area contributed by atoms with E-state index < -0.39 is 11.6 Å². The average molecular weight is 266 g/mol. The van der Waals surface area contributed by atoms with Crippen molar-refractivity contribution in [2.75, 3.05) is 26.2 Å². The van der Waals surface area contributed by atoms with E-state index in [0.717, 1.165) is 19.4 Å². The number of nitrogens with zero attached hydrogens (tertiary/aromatic N) is 1. The summed E-state index contributed by atoms with van der Waals surface area (Å²) in [7, 11) is 0. The van der Waals surface area contributed by atoms with Crippen molar-refractivity contribution in [3.63, 3.8) is 0 Å². The van der Waals surface area contributed by atoms with Gasteiger partial charge in [0.2, 0.25) is 5.91 Å². The van der Waals surface area contributed by atoms with Crippen molar-refractivity contribution in [3.8, 4) is 0 Å². The van der Waals surface area contributed by atoms with Crippen LogP contribution < -0.4 is 16.0 Å². The second-order valence-electron chi connectivity index (χ2n) is 5.54. The van der Waals surface area contributed by atoms with Crippen molar-refractivity contribution in [1.29, 1.82) is 0 Å². The van der Waals surface area contributed by atoms with Crippen LogP contribution in [0.4, 0.5) is 4.79 Å². The lowest BCUT2D eigenvalue weighted by Gasteiger charge is -2.27. The molecule has 3 aliphatic heterocycles. The van der Waals surface area contributed by atoms with Crippen LogP contribution in [-0.4, -0.2) is 54.5 Å². The van der Waals surface area contributed by atoms with E-state index in [2.05, 4.69) is 16.0 Å². The van der Waals surface area contributed by atoms with Gasteiger partial charge in [-0.05, 0) is 25.8 Å². The van der Waals surface area contributed by atoms with Crippen LogP contribution in [0.15, 0.2) is 0 Å². The number of carbonyl (C=O) groups excluding carboxylic acids is 3. The molecule has 4 amide bonds. The normalized spacial score (nSPS) is 34.5. The summed E-state index contributed by atoms with van der Waals surface area (Å²) in [4.78, 5) is 37.1. The lowest BCUT2D eigenvalue weighted by Crippen LogP contribution is -2.51.